The number of amides is 1. The molecule has 0 saturated carbocycles. The van der Waals surface area contributed by atoms with Crippen LogP contribution >= 0.6 is 11.8 Å². The van der Waals surface area contributed by atoms with Gasteiger partial charge in [0.05, 0.1) is 13.5 Å². The fraction of sp³-hybridized carbons (Fsp3) is 0.263. The van der Waals surface area contributed by atoms with E-state index in [0.717, 1.165) is 10.6 Å². The molecule has 1 amide bonds. The van der Waals surface area contributed by atoms with Gasteiger partial charge >= 0.3 is 5.97 Å². The quantitative estimate of drug-likeness (QED) is 0.414. The molecule has 2 rings (SSSR count). The van der Waals surface area contributed by atoms with Crippen LogP contribution in [0.4, 0.5) is 4.39 Å². The van der Waals surface area contributed by atoms with Crippen molar-refractivity contribution in [2.45, 2.75) is 11.3 Å². The third-order valence-electron chi connectivity index (χ3n) is 3.37. The number of esters is 1. The van der Waals surface area contributed by atoms with Crippen molar-refractivity contribution < 1.29 is 23.5 Å². The first kappa shape index (κ1) is 19.8. The van der Waals surface area contributed by atoms with Crippen LogP contribution in [0.25, 0.3) is 0 Å². The molecule has 0 aromatic heterocycles. The van der Waals surface area contributed by atoms with Crippen LogP contribution in [-0.4, -0.2) is 37.9 Å². The van der Waals surface area contributed by atoms with Crippen molar-refractivity contribution in [2.24, 2.45) is 0 Å². The Kier molecular flexibility index (Phi) is 7.95. The van der Waals surface area contributed by atoms with Gasteiger partial charge in [0, 0.05) is 17.2 Å². The summed E-state index contributed by atoms with van der Waals surface area (Å²) in [5.74, 6) is -0.688. The van der Waals surface area contributed by atoms with Crippen LogP contribution in [0.5, 0.6) is 5.75 Å². The molecule has 0 unspecified atom stereocenters. The number of thioether (sulfide) groups is 1. The van der Waals surface area contributed by atoms with E-state index in [-0.39, 0.29) is 24.7 Å². The summed E-state index contributed by atoms with van der Waals surface area (Å²) in [5, 5.41) is 2.68. The highest BCUT2D eigenvalue weighted by atomic mass is 32.2. The number of carbonyl (C=O) groups excluding carboxylic acids is 2. The number of nitrogens with one attached hydrogen (secondary N) is 1. The van der Waals surface area contributed by atoms with Gasteiger partial charge in [0.1, 0.15) is 0 Å². The van der Waals surface area contributed by atoms with Crippen molar-refractivity contribution in [3.8, 4) is 5.75 Å². The van der Waals surface area contributed by atoms with E-state index in [2.05, 4.69) is 5.32 Å². The lowest BCUT2D eigenvalue weighted by Crippen LogP contribution is -2.30. The zero-order chi connectivity index (χ0) is 18.8. The highest BCUT2D eigenvalue weighted by Crippen LogP contribution is 2.18. The summed E-state index contributed by atoms with van der Waals surface area (Å²) in [5.41, 5.74) is 0.452. The molecule has 138 valence electrons. The monoisotopic (exact) mass is 377 g/mol. The Balaban J connectivity index is 1.63. The summed E-state index contributed by atoms with van der Waals surface area (Å²) in [6, 6.07) is 14.1. The van der Waals surface area contributed by atoms with Gasteiger partial charge in [-0.15, -0.1) is 11.8 Å². The number of ether oxygens (including phenoxy) is 2. The van der Waals surface area contributed by atoms with E-state index in [9.17, 15) is 14.0 Å². The molecule has 7 heteroatoms. The molecule has 26 heavy (non-hydrogen) atoms. The minimum atomic E-state index is -0.594. The lowest BCUT2D eigenvalue weighted by molar-refractivity contribution is -0.147. The number of hydrogen-bond donors (Lipinski definition) is 1. The zero-order valence-electron chi connectivity index (χ0n) is 14.4. The third kappa shape index (κ3) is 6.76. The molecule has 0 aliphatic heterocycles. The maximum Gasteiger partial charge on any atom is 0.310 e. The van der Waals surface area contributed by atoms with E-state index >= 15 is 0 Å². The third-order valence-corrected chi connectivity index (χ3v) is 4.38. The van der Waals surface area contributed by atoms with E-state index < -0.39 is 11.8 Å². The van der Waals surface area contributed by atoms with Crippen molar-refractivity contribution in [1.29, 1.82) is 0 Å². The highest BCUT2D eigenvalue weighted by molar-refractivity contribution is 7.99. The van der Waals surface area contributed by atoms with Crippen molar-refractivity contribution in [3.63, 3.8) is 0 Å². The van der Waals surface area contributed by atoms with Crippen LogP contribution in [0.15, 0.2) is 53.4 Å². The molecule has 0 spiro atoms. The molecule has 5 nitrogen and oxygen atoms in total. The van der Waals surface area contributed by atoms with Gasteiger partial charge in [0.2, 0.25) is 0 Å². The van der Waals surface area contributed by atoms with Gasteiger partial charge in [0.15, 0.2) is 18.2 Å². The van der Waals surface area contributed by atoms with Crippen molar-refractivity contribution in [3.05, 3.63) is 59.9 Å². The molecule has 0 saturated heterocycles. The minimum absolute atomic E-state index is 0.106. The highest BCUT2D eigenvalue weighted by Gasteiger charge is 2.10. The Morgan fingerprint density at radius 2 is 1.92 bits per heavy atom. The van der Waals surface area contributed by atoms with Crippen molar-refractivity contribution >= 4 is 23.6 Å². The summed E-state index contributed by atoms with van der Waals surface area (Å²) in [4.78, 5) is 24.5. The smallest absolute Gasteiger partial charge is 0.310 e. The van der Waals surface area contributed by atoms with Crippen LogP contribution in [-0.2, 0) is 20.7 Å². The Labute approximate surface area is 155 Å². The Morgan fingerprint density at radius 1 is 1.15 bits per heavy atom. The van der Waals surface area contributed by atoms with Crippen LogP contribution in [0.2, 0.25) is 0 Å². The Hall–Kier alpha value is -2.54. The topological polar surface area (TPSA) is 64.6 Å². The lowest BCUT2D eigenvalue weighted by Gasteiger charge is -2.07. The Bertz CT molecular complexity index is 740. The molecule has 0 fully saturated rings. The molecule has 0 bridgehead atoms. The molecule has 0 heterocycles. The summed E-state index contributed by atoms with van der Waals surface area (Å²) in [7, 11) is 1.36. The lowest BCUT2D eigenvalue weighted by atomic mass is 10.1. The van der Waals surface area contributed by atoms with E-state index in [4.69, 9.17) is 9.47 Å². The maximum absolute atomic E-state index is 13.6. The molecule has 0 aliphatic rings. The molecule has 2 aromatic rings. The van der Waals surface area contributed by atoms with Gasteiger partial charge in [-0.1, -0.05) is 24.3 Å². The summed E-state index contributed by atoms with van der Waals surface area (Å²) < 4.78 is 23.3. The molecule has 1 N–H and O–H groups in total. The van der Waals surface area contributed by atoms with E-state index in [0.29, 0.717) is 12.1 Å². The fourth-order valence-corrected chi connectivity index (χ4v) is 2.90. The molecule has 2 aromatic carbocycles. The number of benzene rings is 2. The SMILES string of the molecule is COc1ccc(CC(=O)OCC(=O)NCCSc2ccccc2)cc1F. The summed E-state index contributed by atoms with van der Waals surface area (Å²) >= 11 is 1.62. The number of carbonyl (C=O) groups is 2. The summed E-state index contributed by atoms with van der Waals surface area (Å²) in [6.45, 7) is 0.118. The molecule has 0 atom stereocenters. The van der Waals surface area contributed by atoms with Crippen molar-refractivity contribution in [1.82, 2.24) is 5.32 Å². The average molecular weight is 377 g/mol. The standard InChI is InChI=1S/C19H20FNO4S/c1-24-17-8-7-14(11-16(17)20)12-19(23)25-13-18(22)21-9-10-26-15-5-3-2-4-6-15/h2-8,11H,9-10,12-13H2,1H3,(H,21,22). The normalized spacial score (nSPS) is 10.2. The van der Waals surface area contributed by atoms with Crippen LogP contribution in [0.1, 0.15) is 5.56 Å². The maximum atomic E-state index is 13.6. The second-order valence-corrected chi connectivity index (χ2v) is 6.49. The molecular weight excluding hydrogens is 357 g/mol. The second-order valence-electron chi connectivity index (χ2n) is 5.32. The number of halogens is 1. The zero-order valence-corrected chi connectivity index (χ0v) is 15.2. The van der Waals surface area contributed by atoms with E-state index in [1.807, 2.05) is 30.3 Å². The Morgan fingerprint density at radius 3 is 2.62 bits per heavy atom. The van der Waals surface area contributed by atoms with Crippen molar-refractivity contribution in [2.75, 3.05) is 26.0 Å². The average Bonchev–Trinajstić information content (AvgIpc) is 2.64. The summed E-state index contributed by atoms with van der Waals surface area (Å²) in [6.07, 6.45) is -0.113. The second kappa shape index (κ2) is 10.5. The number of hydrogen-bond acceptors (Lipinski definition) is 5. The predicted octanol–water partition coefficient (Wildman–Crippen LogP) is 2.83. The van der Waals surface area contributed by atoms with Gasteiger partial charge in [-0.25, -0.2) is 4.39 Å². The molecular formula is C19H20FNO4S. The van der Waals surface area contributed by atoms with Gasteiger partial charge in [-0.05, 0) is 29.8 Å². The van der Waals surface area contributed by atoms with Gasteiger partial charge < -0.3 is 14.8 Å². The largest absolute Gasteiger partial charge is 0.494 e. The number of methoxy groups -OCH3 is 1. The number of rotatable bonds is 9. The van der Waals surface area contributed by atoms with Gasteiger partial charge in [-0.3, -0.25) is 9.59 Å². The first-order chi connectivity index (χ1) is 12.6. The molecule has 0 aliphatic carbocycles. The molecule has 0 radical (unpaired) electrons. The fourth-order valence-electron chi connectivity index (χ4n) is 2.11. The predicted molar refractivity (Wildman–Crippen MR) is 97.8 cm³/mol. The first-order valence-electron chi connectivity index (χ1n) is 8.01. The first-order valence-corrected chi connectivity index (χ1v) is 8.99. The van der Waals surface area contributed by atoms with E-state index in [1.54, 1.807) is 17.8 Å². The van der Waals surface area contributed by atoms with Gasteiger partial charge in [-0.2, -0.15) is 0 Å². The van der Waals surface area contributed by atoms with Crippen LogP contribution in [0, 0.1) is 5.82 Å². The van der Waals surface area contributed by atoms with Crippen LogP contribution < -0.4 is 10.1 Å². The van der Waals surface area contributed by atoms with Gasteiger partial charge in [0.25, 0.3) is 5.91 Å². The van der Waals surface area contributed by atoms with Crippen LogP contribution in [0.3, 0.4) is 0 Å². The minimum Gasteiger partial charge on any atom is -0.494 e. The van der Waals surface area contributed by atoms with E-state index in [1.165, 1.54) is 19.2 Å².